The van der Waals surface area contributed by atoms with E-state index in [1.54, 1.807) is 4.90 Å². The van der Waals surface area contributed by atoms with Gasteiger partial charge in [-0.15, -0.1) is 0 Å². The Labute approximate surface area is 150 Å². The van der Waals surface area contributed by atoms with Crippen molar-refractivity contribution in [1.82, 2.24) is 0 Å². The highest BCUT2D eigenvalue weighted by Crippen LogP contribution is 2.32. The number of fused-ring (bicyclic) bond motifs is 1. The number of benzene rings is 2. The lowest BCUT2D eigenvalue weighted by Gasteiger charge is -2.26. The number of amides is 1. The summed E-state index contributed by atoms with van der Waals surface area (Å²) in [6.45, 7) is 3.42. The van der Waals surface area contributed by atoms with Gasteiger partial charge in [0, 0.05) is 16.8 Å². The molecule has 0 saturated heterocycles. The minimum atomic E-state index is -1.04. The molecule has 2 atom stereocenters. The molecule has 1 amide bonds. The van der Waals surface area contributed by atoms with E-state index in [1.807, 2.05) is 31.2 Å². The van der Waals surface area contributed by atoms with Gasteiger partial charge >= 0.3 is 5.97 Å². The molecule has 0 spiro atoms. The van der Waals surface area contributed by atoms with E-state index in [9.17, 15) is 14.0 Å². The van der Waals surface area contributed by atoms with E-state index in [-0.39, 0.29) is 22.5 Å². The molecule has 0 radical (unpaired) electrons. The highest BCUT2D eigenvalue weighted by molar-refractivity contribution is 6.30. The maximum Gasteiger partial charge on any atom is 0.341 e. The largest absolute Gasteiger partial charge is 0.449 e. The van der Waals surface area contributed by atoms with Gasteiger partial charge in [-0.1, -0.05) is 29.8 Å². The highest BCUT2D eigenvalue weighted by atomic mass is 35.5. The normalized spacial score (nSPS) is 17.1. The minimum absolute atomic E-state index is 0.0334. The summed E-state index contributed by atoms with van der Waals surface area (Å²) in [6.07, 6.45) is -0.301. The van der Waals surface area contributed by atoms with Crippen LogP contribution >= 0.6 is 11.6 Å². The number of esters is 1. The Kier molecular flexibility index (Phi) is 4.77. The summed E-state index contributed by atoms with van der Waals surface area (Å²) in [5.41, 5.74) is 1.60. The fourth-order valence-electron chi connectivity index (χ4n) is 3.03. The minimum Gasteiger partial charge on any atom is -0.449 e. The van der Waals surface area contributed by atoms with Gasteiger partial charge in [-0.2, -0.15) is 0 Å². The molecule has 6 heteroatoms. The number of halogens is 2. The number of carbonyl (C=O) groups is 2. The molecule has 0 aliphatic carbocycles. The average molecular weight is 362 g/mol. The molecule has 1 aliphatic rings. The first-order chi connectivity index (χ1) is 11.9. The monoisotopic (exact) mass is 361 g/mol. The van der Waals surface area contributed by atoms with Gasteiger partial charge < -0.3 is 9.64 Å². The first-order valence-corrected chi connectivity index (χ1v) is 8.33. The molecular formula is C19H17ClFNO3. The summed E-state index contributed by atoms with van der Waals surface area (Å²) in [6, 6.07) is 11.2. The van der Waals surface area contributed by atoms with E-state index in [1.165, 1.54) is 19.1 Å². The van der Waals surface area contributed by atoms with Crippen LogP contribution in [-0.2, 0) is 16.0 Å². The fraction of sp³-hybridized carbons (Fsp3) is 0.263. The maximum atomic E-state index is 13.8. The van der Waals surface area contributed by atoms with Gasteiger partial charge in [0.25, 0.3) is 5.91 Å². The summed E-state index contributed by atoms with van der Waals surface area (Å²) in [7, 11) is 0. The molecule has 2 aromatic carbocycles. The second-order valence-electron chi connectivity index (χ2n) is 6.06. The van der Waals surface area contributed by atoms with Gasteiger partial charge in [-0.25, -0.2) is 9.18 Å². The van der Waals surface area contributed by atoms with E-state index < -0.39 is 17.9 Å². The molecule has 130 valence electrons. The van der Waals surface area contributed by atoms with Gasteiger partial charge in [0.1, 0.15) is 5.82 Å². The summed E-state index contributed by atoms with van der Waals surface area (Å²) in [5.74, 6) is -2.00. The van der Waals surface area contributed by atoms with Gasteiger partial charge in [-0.05, 0) is 50.1 Å². The van der Waals surface area contributed by atoms with Crippen molar-refractivity contribution in [3.63, 3.8) is 0 Å². The lowest BCUT2D eigenvalue weighted by Crippen LogP contribution is -2.43. The van der Waals surface area contributed by atoms with Crippen LogP contribution in [0.4, 0.5) is 10.1 Å². The maximum absolute atomic E-state index is 13.8. The number of hydrogen-bond acceptors (Lipinski definition) is 3. The Bertz CT molecular complexity index is 839. The smallest absolute Gasteiger partial charge is 0.341 e. The third-order valence-corrected chi connectivity index (χ3v) is 4.46. The van der Waals surface area contributed by atoms with Crippen molar-refractivity contribution < 1.29 is 18.7 Å². The standard InChI is InChI=1S/C19H17ClFNO3/c1-11-9-13-5-3-4-6-17(13)22(11)18(23)12(2)25-19(24)15-10-14(20)7-8-16(15)21/h3-8,10-12H,9H2,1-2H3/t11-,12+/m1/s1. The van der Waals surface area contributed by atoms with Gasteiger partial charge in [-0.3, -0.25) is 4.79 Å². The number of hydrogen-bond donors (Lipinski definition) is 0. The summed E-state index contributed by atoms with van der Waals surface area (Å²) < 4.78 is 19.0. The number of nitrogens with zero attached hydrogens (tertiary/aromatic N) is 1. The third-order valence-electron chi connectivity index (χ3n) is 4.22. The lowest BCUT2D eigenvalue weighted by molar-refractivity contribution is -0.126. The number of ether oxygens (including phenoxy) is 1. The van der Waals surface area contributed by atoms with Gasteiger partial charge in [0.15, 0.2) is 6.10 Å². The Morgan fingerprint density at radius 2 is 2.00 bits per heavy atom. The third kappa shape index (κ3) is 3.37. The molecule has 3 rings (SSSR count). The number of rotatable bonds is 3. The molecule has 0 fully saturated rings. The van der Waals surface area contributed by atoms with Gasteiger partial charge in [0.2, 0.25) is 0 Å². The molecule has 1 heterocycles. The van der Waals surface area contributed by atoms with Crippen LogP contribution in [0.3, 0.4) is 0 Å². The zero-order valence-electron chi connectivity index (χ0n) is 13.8. The van der Waals surface area contributed by atoms with Crippen molar-refractivity contribution in [2.75, 3.05) is 4.90 Å². The summed E-state index contributed by atoms with van der Waals surface area (Å²) in [4.78, 5) is 26.6. The molecule has 0 aromatic heterocycles. The van der Waals surface area contributed by atoms with Crippen molar-refractivity contribution in [1.29, 1.82) is 0 Å². The molecule has 0 saturated carbocycles. The van der Waals surface area contributed by atoms with Crippen LogP contribution in [0.5, 0.6) is 0 Å². The zero-order valence-corrected chi connectivity index (χ0v) is 14.6. The van der Waals surface area contributed by atoms with E-state index >= 15 is 0 Å². The molecular weight excluding hydrogens is 345 g/mol. The van der Waals surface area contributed by atoms with Crippen LogP contribution in [0, 0.1) is 5.82 Å². The van der Waals surface area contributed by atoms with Gasteiger partial charge in [0.05, 0.1) is 5.56 Å². The number of para-hydroxylation sites is 1. The fourth-order valence-corrected chi connectivity index (χ4v) is 3.20. The quantitative estimate of drug-likeness (QED) is 0.776. The van der Waals surface area contributed by atoms with Crippen molar-refractivity contribution in [3.8, 4) is 0 Å². The topological polar surface area (TPSA) is 46.6 Å². The van der Waals surface area contributed by atoms with Crippen LogP contribution < -0.4 is 4.90 Å². The van der Waals surface area contributed by atoms with Crippen LogP contribution in [0.1, 0.15) is 29.8 Å². The molecule has 4 nitrogen and oxygen atoms in total. The zero-order chi connectivity index (χ0) is 18.1. The van der Waals surface area contributed by atoms with Crippen LogP contribution in [0.2, 0.25) is 5.02 Å². The summed E-state index contributed by atoms with van der Waals surface area (Å²) >= 11 is 5.79. The van der Waals surface area contributed by atoms with Crippen molar-refractivity contribution in [2.24, 2.45) is 0 Å². The van der Waals surface area contributed by atoms with Crippen molar-refractivity contribution in [2.45, 2.75) is 32.4 Å². The predicted octanol–water partition coefficient (Wildman–Crippen LogP) is 4.00. The molecule has 2 aromatic rings. The molecule has 25 heavy (non-hydrogen) atoms. The SMILES string of the molecule is C[C@H](OC(=O)c1cc(Cl)ccc1F)C(=O)N1c2ccccc2C[C@H]1C. The van der Waals surface area contributed by atoms with Crippen molar-refractivity contribution in [3.05, 3.63) is 64.4 Å². The molecule has 0 bridgehead atoms. The highest BCUT2D eigenvalue weighted by Gasteiger charge is 2.34. The predicted molar refractivity (Wildman–Crippen MR) is 93.4 cm³/mol. The van der Waals surface area contributed by atoms with Crippen molar-refractivity contribution >= 4 is 29.2 Å². The Morgan fingerprint density at radius 1 is 1.28 bits per heavy atom. The van der Waals surface area contributed by atoms with Crippen LogP contribution in [0.25, 0.3) is 0 Å². The first-order valence-electron chi connectivity index (χ1n) is 7.95. The number of anilines is 1. The Balaban J connectivity index is 1.77. The van der Waals surface area contributed by atoms with Crippen LogP contribution in [-0.4, -0.2) is 24.0 Å². The second kappa shape index (κ2) is 6.84. The van der Waals surface area contributed by atoms with Crippen LogP contribution in [0.15, 0.2) is 42.5 Å². The average Bonchev–Trinajstić information content (AvgIpc) is 2.91. The number of carbonyl (C=O) groups excluding carboxylic acids is 2. The molecule has 0 unspecified atom stereocenters. The Morgan fingerprint density at radius 3 is 2.76 bits per heavy atom. The van der Waals surface area contributed by atoms with E-state index in [0.717, 1.165) is 23.7 Å². The van der Waals surface area contributed by atoms with E-state index in [0.29, 0.717) is 0 Å². The first kappa shape index (κ1) is 17.4. The molecule has 1 aliphatic heterocycles. The second-order valence-corrected chi connectivity index (χ2v) is 6.50. The Hall–Kier alpha value is -2.40. The van der Waals surface area contributed by atoms with E-state index in [4.69, 9.17) is 16.3 Å². The van der Waals surface area contributed by atoms with E-state index in [2.05, 4.69) is 0 Å². The summed E-state index contributed by atoms with van der Waals surface area (Å²) in [5, 5.41) is 0.217. The molecule has 0 N–H and O–H groups in total. The lowest BCUT2D eigenvalue weighted by atomic mass is 10.1.